The monoisotopic (exact) mass is 553 g/mol. The van der Waals surface area contributed by atoms with Crippen LogP contribution in [0.1, 0.15) is 24.5 Å². The number of hydrogen-bond acceptors (Lipinski definition) is 6. The lowest BCUT2D eigenvalue weighted by Gasteiger charge is -2.09. The Morgan fingerprint density at radius 1 is 1.03 bits per heavy atom. The molecule has 0 saturated heterocycles. The van der Waals surface area contributed by atoms with Crippen molar-refractivity contribution in [2.75, 3.05) is 6.61 Å². The molecule has 39 heavy (non-hydrogen) atoms. The molecular formula is C30H24ClN5O2S. The molecule has 194 valence electrons. The van der Waals surface area contributed by atoms with E-state index in [9.17, 15) is 4.79 Å². The minimum absolute atomic E-state index is 0.221. The van der Waals surface area contributed by atoms with E-state index in [-0.39, 0.29) is 5.56 Å². The molecule has 0 unspecified atom stereocenters. The number of ether oxygens (including phenoxy) is 1. The molecule has 0 aliphatic carbocycles. The Labute approximate surface area is 233 Å². The fraction of sp³-hybridized carbons (Fsp3) is 0.133. The first-order valence-electron chi connectivity index (χ1n) is 12.6. The van der Waals surface area contributed by atoms with E-state index in [1.54, 1.807) is 12.1 Å². The van der Waals surface area contributed by atoms with E-state index in [2.05, 4.69) is 17.0 Å². The zero-order valence-corrected chi connectivity index (χ0v) is 22.9. The van der Waals surface area contributed by atoms with Crippen LogP contribution in [0.5, 0.6) is 5.75 Å². The van der Waals surface area contributed by atoms with Gasteiger partial charge in [0.15, 0.2) is 5.82 Å². The highest BCUT2D eigenvalue weighted by Gasteiger charge is 2.16. The summed E-state index contributed by atoms with van der Waals surface area (Å²) in [6, 6.07) is 23.1. The summed E-state index contributed by atoms with van der Waals surface area (Å²) >= 11 is 7.30. The third-order valence-corrected chi connectivity index (χ3v) is 7.47. The molecule has 0 saturated carbocycles. The van der Waals surface area contributed by atoms with Crippen LogP contribution in [0, 0.1) is 6.92 Å². The molecule has 0 radical (unpaired) electrons. The number of hydrogen-bond donors (Lipinski definition) is 0. The van der Waals surface area contributed by atoms with Crippen LogP contribution in [0.15, 0.2) is 83.8 Å². The summed E-state index contributed by atoms with van der Waals surface area (Å²) in [5.41, 5.74) is 5.11. The van der Waals surface area contributed by atoms with E-state index >= 15 is 0 Å². The quantitative estimate of drug-likeness (QED) is 0.243. The lowest BCUT2D eigenvalue weighted by atomic mass is 10.0. The molecule has 6 rings (SSSR count). The fourth-order valence-electron chi connectivity index (χ4n) is 4.32. The molecule has 0 fully saturated rings. The van der Waals surface area contributed by atoms with E-state index in [0.29, 0.717) is 26.9 Å². The van der Waals surface area contributed by atoms with Crippen LogP contribution in [0.25, 0.3) is 39.4 Å². The number of aromatic nitrogens is 5. The lowest BCUT2D eigenvalue weighted by molar-refractivity contribution is 0.317. The first kappa shape index (κ1) is 25.0. The van der Waals surface area contributed by atoms with Crippen molar-refractivity contribution in [2.45, 2.75) is 20.3 Å². The maximum Gasteiger partial charge on any atom is 0.291 e. The summed E-state index contributed by atoms with van der Waals surface area (Å²) in [4.78, 5) is 18.5. The average molecular weight is 554 g/mol. The SMILES string of the molecule is CCCOc1ccc(-c2nn(-c3ccccc3)cc2C=c2sc3nc(-c4ccc(Cl)cc4)nn3c2=O)c(C)c1. The molecule has 0 N–H and O–H groups in total. The first-order valence-corrected chi connectivity index (χ1v) is 13.8. The average Bonchev–Trinajstić information content (AvgIpc) is 3.64. The van der Waals surface area contributed by atoms with Crippen molar-refractivity contribution in [1.29, 1.82) is 0 Å². The minimum atomic E-state index is -0.221. The number of para-hydroxylation sites is 1. The maximum atomic E-state index is 13.3. The van der Waals surface area contributed by atoms with Crippen molar-refractivity contribution in [2.24, 2.45) is 0 Å². The van der Waals surface area contributed by atoms with Crippen LogP contribution >= 0.6 is 22.9 Å². The van der Waals surface area contributed by atoms with Crippen molar-refractivity contribution in [3.05, 3.63) is 110 Å². The van der Waals surface area contributed by atoms with Gasteiger partial charge in [-0.05, 0) is 79.6 Å². The van der Waals surface area contributed by atoms with Gasteiger partial charge in [-0.1, -0.05) is 48.1 Å². The highest BCUT2D eigenvalue weighted by molar-refractivity contribution is 7.15. The molecule has 0 atom stereocenters. The van der Waals surface area contributed by atoms with Crippen LogP contribution in [-0.2, 0) is 0 Å². The second-order valence-electron chi connectivity index (χ2n) is 9.09. The normalized spacial score (nSPS) is 11.9. The molecule has 3 heterocycles. The summed E-state index contributed by atoms with van der Waals surface area (Å²) in [7, 11) is 0. The van der Waals surface area contributed by atoms with Gasteiger partial charge in [-0.25, -0.2) is 4.68 Å². The van der Waals surface area contributed by atoms with E-state index in [0.717, 1.165) is 45.8 Å². The Hall–Kier alpha value is -4.27. The fourth-order valence-corrected chi connectivity index (χ4v) is 5.35. The summed E-state index contributed by atoms with van der Waals surface area (Å²) in [6.45, 7) is 4.79. The largest absolute Gasteiger partial charge is 0.494 e. The van der Waals surface area contributed by atoms with Crippen LogP contribution in [0.4, 0.5) is 0 Å². The Morgan fingerprint density at radius 3 is 2.54 bits per heavy atom. The molecule has 0 bridgehead atoms. The first-order chi connectivity index (χ1) is 19.0. The van der Waals surface area contributed by atoms with E-state index in [4.69, 9.17) is 21.4 Å². The topological polar surface area (TPSA) is 74.3 Å². The molecular weight excluding hydrogens is 530 g/mol. The number of halogens is 1. The second kappa shape index (κ2) is 10.5. The number of rotatable bonds is 7. The Morgan fingerprint density at radius 2 is 1.82 bits per heavy atom. The predicted molar refractivity (Wildman–Crippen MR) is 156 cm³/mol. The molecule has 3 aromatic heterocycles. The second-order valence-corrected chi connectivity index (χ2v) is 10.5. The maximum absolute atomic E-state index is 13.3. The molecule has 0 aliphatic rings. The van der Waals surface area contributed by atoms with Crippen molar-refractivity contribution in [3.8, 4) is 34.1 Å². The predicted octanol–water partition coefficient (Wildman–Crippen LogP) is 5.97. The van der Waals surface area contributed by atoms with Crippen LogP contribution in [0.3, 0.4) is 0 Å². The van der Waals surface area contributed by atoms with Gasteiger partial charge in [0.2, 0.25) is 4.96 Å². The van der Waals surface area contributed by atoms with Gasteiger partial charge in [-0.3, -0.25) is 4.79 Å². The van der Waals surface area contributed by atoms with Gasteiger partial charge in [0.1, 0.15) is 11.4 Å². The zero-order chi connectivity index (χ0) is 26.9. The number of aryl methyl sites for hydroxylation is 1. The lowest BCUT2D eigenvalue weighted by Crippen LogP contribution is -2.23. The third-order valence-electron chi connectivity index (χ3n) is 6.26. The van der Waals surface area contributed by atoms with Gasteiger partial charge in [-0.2, -0.15) is 14.6 Å². The van der Waals surface area contributed by atoms with Gasteiger partial charge in [-0.15, -0.1) is 5.10 Å². The highest BCUT2D eigenvalue weighted by atomic mass is 35.5. The van der Waals surface area contributed by atoms with Gasteiger partial charge >= 0.3 is 0 Å². The minimum Gasteiger partial charge on any atom is -0.494 e. The van der Waals surface area contributed by atoms with Gasteiger partial charge < -0.3 is 4.74 Å². The number of thiazole rings is 1. The third kappa shape index (κ3) is 4.96. The zero-order valence-electron chi connectivity index (χ0n) is 21.3. The highest BCUT2D eigenvalue weighted by Crippen LogP contribution is 2.30. The molecule has 0 aliphatic heterocycles. The Balaban J connectivity index is 1.46. The molecule has 9 heteroatoms. The van der Waals surface area contributed by atoms with Crippen LogP contribution in [-0.4, -0.2) is 31.0 Å². The number of nitrogens with zero attached hydrogens (tertiary/aromatic N) is 5. The van der Waals surface area contributed by atoms with Crippen molar-refractivity contribution >= 4 is 34.0 Å². The molecule has 7 nitrogen and oxygen atoms in total. The van der Waals surface area contributed by atoms with E-state index in [1.165, 1.54) is 15.9 Å². The Bertz CT molecular complexity index is 1890. The number of benzene rings is 3. The molecule has 0 amide bonds. The van der Waals surface area contributed by atoms with Crippen molar-refractivity contribution < 1.29 is 4.74 Å². The summed E-state index contributed by atoms with van der Waals surface area (Å²) < 4.78 is 9.54. The van der Waals surface area contributed by atoms with Crippen molar-refractivity contribution in [3.63, 3.8) is 0 Å². The van der Waals surface area contributed by atoms with Gasteiger partial charge in [0.05, 0.1) is 16.8 Å². The summed E-state index contributed by atoms with van der Waals surface area (Å²) in [6.07, 6.45) is 4.76. The smallest absolute Gasteiger partial charge is 0.291 e. The van der Waals surface area contributed by atoms with Gasteiger partial charge in [0, 0.05) is 27.9 Å². The number of fused-ring (bicyclic) bond motifs is 1. The van der Waals surface area contributed by atoms with Crippen LogP contribution < -0.4 is 14.8 Å². The standard InChI is InChI=1S/C30H24ClN5O2S/c1-3-15-38-24-13-14-25(19(2)16-24)27-21(18-35(33-27)23-7-5-4-6-8-23)17-26-29(37)36-30(39-26)32-28(34-36)20-9-11-22(31)12-10-20/h4-14,16-18H,3,15H2,1-2H3. The summed E-state index contributed by atoms with van der Waals surface area (Å²) in [5.74, 6) is 1.31. The summed E-state index contributed by atoms with van der Waals surface area (Å²) in [5, 5.41) is 10.0. The molecule has 6 aromatic rings. The van der Waals surface area contributed by atoms with Crippen LogP contribution in [0.2, 0.25) is 5.02 Å². The Kier molecular flexibility index (Phi) is 6.72. The van der Waals surface area contributed by atoms with Crippen molar-refractivity contribution in [1.82, 2.24) is 24.4 Å². The molecule has 0 spiro atoms. The molecule has 3 aromatic carbocycles. The van der Waals surface area contributed by atoms with Gasteiger partial charge in [0.25, 0.3) is 5.56 Å². The van der Waals surface area contributed by atoms with E-state index < -0.39 is 0 Å². The van der Waals surface area contributed by atoms with E-state index in [1.807, 2.05) is 84.5 Å².